The van der Waals surface area contributed by atoms with Crippen LogP contribution in [0.15, 0.2) is 42.5 Å². The van der Waals surface area contributed by atoms with Gasteiger partial charge in [-0.2, -0.15) is 0 Å². The van der Waals surface area contributed by atoms with Crippen molar-refractivity contribution in [1.82, 2.24) is 0 Å². The van der Waals surface area contributed by atoms with E-state index in [0.717, 1.165) is 47.5 Å². The van der Waals surface area contributed by atoms with E-state index in [9.17, 15) is 5.11 Å². The lowest BCUT2D eigenvalue weighted by Crippen LogP contribution is -2.11. The molecule has 1 aliphatic carbocycles. The molecule has 0 saturated heterocycles. The smallest absolute Gasteiger partial charge is 0.123 e. The lowest BCUT2D eigenvalue weighted by atomic mass is 9.89. The molecule has 0 radical (unpaired) electrons. The molecule has 1 atom stereocenters. The summed E-state index contributed by atoms with van der Waals surface area (Å²) in [5.74, 6) is 1.72. The highest BCUT2D eigenvalue weighted by Crippen LogP contribution is 2.35. The molecule has 0 fully saturated rings. The molecule has 2 aromatic rings. The quantitative estimate of drug-likeness (QED) is 0.931. The van der Waals surface area contributed by atoms with Crippen LogP contribution < -0.4 is 9.47 Å². The molecule has 0 saturated carbocycles. The molecule has 3 nitrogen and oxygen atoms in total. The van der Waals surface area contributed by atoms with E-state index < -0.39 is 0 Å². The Labute approximate surface area is 125 Å². The van der Waals surface area contributed by atoms with Gasteiger partial charge in [-0.05, 0) is 54.2 Å². The number of fused-ring (bicyclic) bond motifs is 1. The van der Waals surface area contributed by atoms with E-state index >= 15 is 0 Å². The van der Waals surface area contributed by atoms with Gasteiger partial charge in [0.05, 0.1) is 13.2 Å². The van der Waals surface area contributed by atoms with Crippen LogP contribution in [0.1, 0.15) is 35.6 Å². The highest BCUT2D eigenvalue weighted by Gasteiger charge is 2.20. The fourth-order valence-electron chi connectivity index (χ4n) is 2.85. The first-order valence-corrected chi connectivity index (χ1v) is 7.33. The summed E-state index contributed by atoms with van der Waals surface area (Å²) in [4.78, 5) is 0. The van der Waals surface area contributed by atoms with Crippen LogP contribution in [0.5, 0.6) is 11.5 Å². The Hall–Kier alpha value is -2.00. The highest BCUT2D eigenvalue weighted by atomic mass is 16.5. The standard InChI is InChI=1S/C18H20O3/c1-20-14-6-2-5-13(11-14)12-21-18-10-4-7-15-16(18)8-3-9-17(15)19/h2,4-7,10-11,17,19H,3,8-9,12H2,1H3. The second-order valence-corrected chi connectivity index (χ2v) is 5.37. The maximum atomic E-state index is 10.1. The number of benzene rings is 2. The van der Waals surface area contributed by atoms with E-state index in [2.05, 4.69) is 0 Å². The minimum absolute atomic E-state index is 0.353. The van der Waals surface area contributed by atoms with Gasteiger partial charge in [0.2, 0.25) is 0 Å². The molecule has 0 bridgehead atoms. The number of hydrogen-bond donors (Lipinski definition) is 1. The molecule has 21 heavy (non-hydrogen) atoms. The van der Waals surface area contributed by atoms with E-state index in [-0.39, 0.29) is 6.10 Å². The van der Waals surface area contributed by atoms with Gasteiger partial charge in [0.25, 0.3) is 0 Å². The Kier molecular flexibility index (Phi) is 4.11. The Morgan fingerprint density at radius 1 is 1.19 bits per heavy atom. The molecular weight excluding hydrogens is 264 g/mol. The van der Waals surface area contributed by atoms with Crippen LogP contribution in [0.2, 0.25) is 0 Å². The van der Waals surface area contributed by atoms with Gasteiger partial charge >= 0.3 is 0 Å². The van der Waals surface area contributed by atoms with Gasteiger partial charge < -0.3 is 14.6 Å². The molecule has 3 rings (SSSR count). The Balaban J connectivity index is 1.77. The second-order valence-electron chi connectivity index (χ2n) is 5.37. The molecule has 1 N–H and O–H groups in total. The van der Waals surface area contributed by atoms with Gasteiger partial charge in [-0.3, -0.25) is 0 Å². The van der Waals surface area contributed by atoms with Gasteiger partial charge in [0.15, 0.2) is 0 Å². The third-order valence-corrected chi connectivity index (χ3v) is 3.96. The van der Waals surface area contributed by atoms with Gasteiger partial charge in [-0.15, -0.1) is 0 Å². The summed E-state index contributed by atoms with van der Waals surface area (Å²) in [5.41, 5.74) is 3.24. The largest absolute Gasteiger partial charge is 0.497 e. The van der Waals surface area contributed by atoms with Crippen molar-refractivity contribution in [1.29, 1.82) is 0 Å². The first-order valence-electron chi connectivity index (χ1n) is 7.33. The molecule has 1 aliphatic rings. The summed E-state index contributed by atoms with van der Waals surface area (Å²) in [6.45, 7) is 0.504. The van der Waals surface area contributed by atoms with Crippen molar-refractivity contribution in [3.8, 4) is 11.5 Å². The van der Waals surface area contributed by atoms with E-state index in [1.807, 2.05) is 42.5 Å². The third kappa shape index (κ3) is 3.03. The fourth-order valence-corrected chi connectivity index (χ4v) is 2.85. The lowest BCUT2D eigenvalue weighted by Gasteiger charge is -2.23. The monoisotopic (exact) mass is 284 g/mol. The molecule has 0 heterocycles. The Bertz CT molecular complexity index is 622. The first-order chi connectivity index (χ1) is 10.3. The van der Waals surface area contributed by atoms with Crippen molar-refractivity contribution in [2.45, 2.75) is 32.0 Å². The molecule has 110 valence electrons. The highest BCUT2D eigenvalue weighted by molar-refractivity contribution is 5.43. The summed E-state index contributed by atoms with van der Waals surface area (Å²) >= 11 is 0. The van der Waals surface area contributed by atoms with Gasteiger partial charge in [-0.25, -0.2) is 0 Å². The first kappa shape index (κ1) is 14.0. The molecule has 1 unspecified atom stereocenters. The Morgan fingerprint density at radius 3 is 2.90 bits per heavy atom. The van der Waals surface area contributed by atoms with Crippen molar-refractivity contribution in [2.75, 3.05) is 7.11 Å². The van der Waals surface area contributed by atoms with Crippen molar-refractivity contribution >= 4 is 0 Å². The summed E-state index contributed by atoms with van der Waals surface area (Å²) in [6, 6.07) is 13.8. The average molecular weight is 284 g/mol. The predicted octanol–water partition coefficient (Wildman–Crippen LogP) is 3.64. The molecule has 0 aliphatic heterocycles. The van der Waals surface area contributed by atoms with Crippen LogP contribution >= 0.6 is 0 Å². The summed E-state index contributed by atoms with van der Waals surface area (Å²) in [6.07, 6.45) is 2.47. The molecule has 3 heteroatoms. The van der Waals surface area contributed by atoms with Gasteiger partial charge in [-0.1, -0.05) is 24.3 Å². The number of aliphatic hydroxyl groups is 1. The van der Waals surface area contributed by atoms with Crippen molar-refractivity contribution in [2.24, 2.45) is 0 Å². The zero-order chi connectivity index (χ0) is 14.7. The average Bonchev–Trinajstić information content (AvgIpc) is 2.53. The second kappa shape index (κ2) is 6.19. The maximum absolute atomic E-state index is 10.1. The minimum Gasteiger partial charge on any atom is -0.497 e. The summed E-state index contributed by atoms with van der Waals surface area (Å²) < 4.78 is 11.2. The van der Waals surface area contributed by atoms with E-state index in [1.165, 1.54) is 0 Å². The fraction of sp³-hybridized carbons (Fsp3) is 0.333. The summed E-state index contributed by atoms with van der Waals surface area (Å²) in [7, 11) is 1.66. The van der Waals surface area contributed by atoms with Crippen LogP contribution in [-0.2, 0) is 13.0 Å². The van der Waals surface area contributed by atoms with Crippen LogP contribution in [0.4, 0.5) is 0 Å². The van der Waals surface area contributed by atoms with Crippen molar-refractivity contribution < 1.29 is 14.6 Å². The molecule has 2 aromatic carbocycles. The molecule has 0 spiro atoms. The number of rotatable bonds is 4. The van der Waals surface area contributed by atoms with Gasteiger partial charge in [0.1, 0.15) is 18.1 Å². The van der Waals surface area contributed by atoms with Crippen LogP contribution in [0.3, 0.4) is 0 Å². The van der Waals surface area contributed by atoms with Crippen LogP contribution in [0, 0.1) is 0 Å². The van der Waals surface area contributed by atoms with Gasteiger partial charge in [0, 0.05) is 0 Å². The maximum Gasteiger partial charge on any atom is 0.123 e. The number of aliphatic hydroxyl groups excluding tert-OH is 1. The zero-order valence-electron chi connectivity index (χ0n) is 12.2. The molecule has 0 amide bonds. The predicted molar refractivity (Wildman–Crippen MR) is 81.7 cm³/mol. The Morgan fingerprint density at radius 2 is 2.05 bits per heavy atom. The minimum atomic E-state index is -0.353. The zero-order valence-corrected chi connectivity index (χ0v) is 12.2. The normalized spacial score (nSPS) is 17.1. The molecular formula is C18H20O3. The summed E-state index contributed by atoms with van der Waals surface area (Å²) in [5, 5.41) is 10.1. The lowest BCUT2D eigenvalue weighted by molar-refractivity contribution is 0.155. The van der Waals surface area contributed by atoms with Crippen molar-refractivity contribution in [3.63, 3.8) is 0 Å². The number of ether oxygens (including phenoxy) is 2. The topological polar surface area (TPSA) is 38.7 Å². The van der Waals surface area contributed by atoms with E-state index in [1.54, 1.807) is 7.11 Å². The number of hydrogen-bond acceptors (Lipinski definition) is 3. The number of methoxy groups -OCH3 is 1. The SMILES string of the molecule is COc1cccc(COc2cccc3c2CCCC3O)c1. The van der Waals surface area contributed by atoms with E-state index in [4.69, 9.17) is 9.47 Å². The molecule has 0 aromatic heterocycles. The van der Waals surface area contributed by atoms with Crippen LogP contribution in [0.25, 0.3) is 0 Å². The van der Waals surface area contributed by atoms with E-state index in [0.29, 0.717) is 6.61 Å². The van der Waals surface area contributed by atoms with Crippen LogP contribution in [-0.4, -0.2) is 12.2 Å². The third-order valence-electron chi connectivity index (χ3n) is 3.96. The van der Waals surface area contributed by atoms with Crippen molar-refractivity contribution in [3.05, 3.63) is 59.2 Å².